The van der Waals surface area contributed by atoms with E-state index in [1.807, 2.05) is 38.1 Å². The van der Waals surface area contributed by atoms with Gasteiger partial charge in [-0.3, -0.25) is 9.59 Å². The number of aliphatic hydroxyl groups is 1. The van der Waals surface area contributed by atoms with Crippen LogP contribution in [0.5, 0.6) is 5.75 Å². The van der Waals surface area contributed by atoms with Crippen LogP contribution in [-0.2, 0) is 16.1 Å². The van der Waals surface area contributed by atoms with E-state index < -0.39 is 23.5 Å². The van der Waals surface area contributed by atoms with Gasteiger partial charge in [0.2, 0.25) is 0 Å². The third-order valence-electron chi connectivity index (χ3n) is 6.53. The van der Waals surface area contributed by atoms with Gasteiger partial charge in [0.1, 0.15) is 17.3 Å². The number of aromatic nitrogens is 1. The Kier molecular flexibility index (Phi) is 6.48. The fourth-order valence-electron chi connectivity index (χ4n) is 4.85. The van der Waals surface area contributed by atoms with E-state index in [1.54, 1.807) is 30.3 Å². The number of aryl methyl sites for hydroxylation is 1. The molecule has 4 aromatic rings. The van der Waals surface area contributed by atoms with Crippen molar-refractivity contribution in [3.63, 3.8) is 0 Å². The molecular formula is C29H24ClFN2O4. The second-order valence-corrected chi connectivity index (χ2v) is 9.25. The lowest BCUT2D eigenvalue weighted by Crippen LogP contribution is -2.29. The van der Waals surface area contributed by atoms with Gasteiger partial charge in [-0.2, -0.15) is 0 Å². The van der Waals surface area contributed by atoms with Crippen molar-refractivity contribution in [2.24, 2.45) is 0 Å². The lowest BCUT2D eigenvalue weighted by Gasteiger charge is -2.26. The first-order chi connectivity index (χ1) is 17.8. The zero-order valence-corrected chi connectivity index (χ0v) is 21.0. The Balaban J connectivity index is 1.72. The molecule has 8 heteroatoms. The van der Waals surface area contributed by atoms with E-state index in [-0.39, 0.29) is 17.9 Å². The Bertz CT molecular complexity index is 1560. The maximum atomic E-state index is 13.5. The molecule has 5 rings (SSSR count). The van der Waals surface area contributed by atoms with Gasteiger partial charge >= 0.3 is 0 Å². The number of fused-ring (bicyclic) bond motifs is 1. The molecule has 1 amide bonds. The number of aliphatic hydroxyl groups excluding tert-OH is 1. The molecule has 2 heterocycles. The average Bonchev–Trinajstić information content (AvgIpc) is 3.34. The summed E-state index contributed by atoms with van der Waals surface area (Å²) in [5.74, 6) is -1.93. The number of H-pyrrole nitrogens is 1. The largest absolute Gasteiger partial charge is 0.507 e. The van der Waals surface area contributed by atoms with Crippen LogP contribution < -0.4 is 4.74 Å². The molecule has 1 aliphatic heterocycles. The molecule has 1 unspecified atom stereocenters. The smallest absolute Gasteiger partial charge is 0.295 e. The second kappa shape index (κ2) is 9.75. The molecule has 0 spiro atoms. The highest BCUT2D eigenvalue weighted by atomic mass is 35.5. The molecule has 6 nitrogen and oxygen atoms in total. The van der Waals surface area contributed by atoms with Crippen molar-refractivity contribution in [1.82, 2.24) is 9.88 Å². The van der Waals surface area contributed by atoms with Crippen LogP contribution in [0.3, 0.4) is 0 Å². The van der Waals surface area contributed by atoms with Gasteiger partial charge in [0.25, 0.3) is 11.7 Å². The van der Waals surface area contributed by atoms with Gasteiger partial charge in [0, 0.05) is 34.3 Å². The number of rotatable bonds is 6. The highest BCUT2D eigenvalue weighted by Gasteiger charge is 2.47. The molecule has 0 saturated carbocycles. The number of likely N-dealkylation sites (tertiary alicyclic amines) is 1. The fourth-order valence-corrected chi connectivity index (χ4v) is 5.02. The van der Waals surface area contributed by atoms with Crippen LogP contribution in [0.15, 0.2) is 72.3 Å². The monoisotopic (exact) mass is 518 g/mol. The number of para-hydroxylation sites is 1. The van der Waals surface area contributed by atoms with Crippen molar-refractivity contribution in [2.75, 3.05) is 6.61 Å². The molecule has 0 bridgehead atoms. The first kappa shape index (κ1) is 24.6. The van der Waals surface area contributed by atoms with Crippen LogP contribution in [0.2, 0.25) is 5.02 Å². The standard InChI is InChI=1S/C29H24ClFN2O4/c1-3-37-23-14-18(10-13-21(23)30)27(34)25-26(24-16(2)32-22-7-5-4-6-20(22)24)33(29(36)28(25)35)15-17-8-11-19(31)12-9-17/h4-14,26,32,34H,3,15H2,1-2H3/b27-25+. The van der Waals surface area contributed by atoms with Crippen molar-refractivity contribution in [3.05, 3.63) is 106 Å². The van der Waals surface area contributed by atoms with Crippen LogP contribution in [0.25, 0.3) is 16.7 Å². The lowest BCUT2D eigenvalue weighted by atomic mass is 9.93. The highest BCUT2D eigenvalue weighted by Crippen LogP contribution is 2.44. The average molecular weight is 519 g/mol. The summed E-state index contributed by atoms with van der Waals surface area (Å²) >= 11 is 6.23. The molecular weight excluding hydrogens is 495 g/mol. The Morgan fingerprint density at radius 1 is 1.11 bits per heavy atom. The Labute approximate surface area is 217 Å². The topological polar surface area (TPSA) is 82.6 Å². The van der Waals surface area contributed by atoms with Gasteiger partial charge < -0.3 is 19.7 Å². The summed E-state index contributed by atoms with van der Waals surface area (Å²) in [6.07, 6.45) is 0. The maximum Gasteiger partial charge on any atom is 0.295 e. The van der Waals surface area contributed by atoms with Crippen LogP contribution in [0.1, 0.15) is 35.3 Å². The number of hydrogen-bond donors (Lipinski definition) is 2. The van der Waals surface area contributed by atoms with Crippen molar-refractivity contribution in [1.29, 1.82) is 0 Å². The zero-order chi connectivity index (χ0) is 26.3. The number of aromatic amines is 1. The summed E-state index contributed by atoms with van der Waals surface area (Å²) in [4.78, 5) is 31.6. The van der Waals surface area contributed by atoms with E-state index in [0.29, 0.717) is 34.1 Å². The lowest BCUT2D eigenvalue weighted by molar-refractivity contribution is -0.140. The fraction of sp³-hybridized carbons (Fsp3) is 0.172. The third-order valence-corrected chi connectivity index (χ3v) is 6.84. The van der Waals surface area contributed by atoms with Crippen LogP contribution in [-0.4, -0.2) is 33.3 Å². The molecule has 1 atom stereocenters. The maximum absolute atomic E-state index is 13.5. The van der Waals surface area contributed by atoms with E-state index in [4.69, 9.17) is 16.3 Å². The van der Waals surface area contributed by atoms with E-state index in [9.17, 15) is 19.1 Å². The number of halogens is 2. The number of Topliss-reactive ketones (excluding diaryl/α,β-unsaturated/α-hetero) is 1. The number of carbonyl (C=O) groups is 2. The first-order valence-corrected chi connectivity index (χ1v) is 12.2. The summed E-state index contributed by atoms with van der Waals surface area (Å²) in [7, 11) is 0. The molecule has 37 heavy (non-hydrogen) atoms. The summed E-state index contributed by atoms with van der Waals surface area (Å²) in [5, 5.41) is 12.7. The quantitative estimate of drug-likeness (QED) is 0.178. The predicted octanol–water partition coefficient (Wildman–Crippen LogP) is 6.29. The van der Waals surface area contributed by atoms with Crippen LogP contribution in [0.4, 0.5) is 4.39 Å². The highest BCUT2D eigenvalue weighted by molar-refractivity contribution is 6.46. The van der Waals surface area contributed by atoms with Crippen molar-refractivity contribution >= 4 is 40.0 Å². The second-order valence-electron chi connectivity index (χ2n) is 8.84. The molecule has 1 aromatic heterocycles. The molecule has 1 fully saturated rings. The zero-order valence-electron chi connectivity index (χ0n) is 20.2. The minimum atomic E-state index is -0.882. The van der Waals surface area contributed by atoms with Gasteiger partial charge in [-0.05, 0) is 55.8 Å². The molecule has 188 valence electrons. The number of ketones is 1. The van der Waals surface area contributed by atoms with Crippen molar-refractivity contribution in [2.45, 2.75) is 26.4 Å². The van der Waals surface area contributed by atoms with E-state index in [2.05, 4.69) is 4.98 Å². The number of benzene rings is 3. The Morgan fingerprint density at radius 2 is 1.84 bits per heavy atom. The molecule has 3 aromatic carbocycles. The summed E-state index contributed by atoms with van der Waals surface area (Å²) < 4.78 is 19.1. The Morgan fingerprint density at radius 3 is 2.57 bits per heavy atom. The van der Waals surface area contributed by atoms with Crippen LogP contribution >= 0.6 is 11.6 Å². The number of nitrogens with one attached hydrogen (secondary N) is 1. The summed E-state index contributed by atoms with van der Waals surface area (Å²) in [5.41, 5.74) is 3.22. The van der Waals surface area contributed by atoms with E-state index in [1.165, 1.54) is 17.0 Å². The van der Waals surface area contributed by atoms with Crippen molar-refractivity contribution in [3.8, 4) is 5.75 Å². The number of nitrogens with zero attached hydrogens (tertiary/aromatic N) is 1. The summed E-state index contributed by atoms with van der Waals surface area (Å²) in [6.45, 7) is 4.09. The predicted molar refractivity (Wildman–Crippen MR) is 140 cm³/mol. The van der Waals surface area contributed by atoms with E-state index in [0.717, 1.165) is 16.6 Å². The normalized spacial score (nSPS) is 17.1. The van der Waals surface area contributed by atoms with Gasteiger partial charge in [-0.15, -0.1) is 0 Å². The van der Waals surface area contributed by atoms with Crippen LogP contribution in [0, 0.1) is 12.7 Å². The summed E-state index contributed by atoms with van der Waals surface area (Å²) in [6, 6.07) is 17.1. The minimum Gasteiger partial charge on any atom is -0.507 e. The van der Waals surface area contributed by atoms with Gasteiger partial charge in [-0.25, -0.2) is 4.39 Å². The van der Waals surface area contributed by atoms with E-state index >= 15 is 0 Å². The Hall–Kier alpha value is -4.10. The van der Waals surface area contributed by atoms with Gasteiger partial charge in [0.05, 0.1) is 23.2 Å². The number of carbonyl (C=O) groups excluding carboxylic acids is 2. The van der Waals surface area contributed by atoms with Gasteiger partial charge in [-0.1, -0.05) is 41.9 Å². The molecule has 1 aliphatic rings. The minimum absolute atomic E-state index is 0.0373. The SMILES string of the molecule is CCOc1cc(/C(O)=C2\C(=O)C(=O)N(Cc3ccc(F)cc3)C2c2c(C)[nH]c3ccccc23)ccc1Cl. The number of ether oxygens (including phenoxy) is 1. The molecule has 2 N–H and O–H groups in total. The van der Waals surface area contributed by atoms with Crippen molar-refractivity contribution < 1.29 is 23.8 Å². The van der Waals surface area contributed by atoms with Gasteiger partial charge in [0.15, 0.2) is 0 Å². The molecule has 0 aliphatic carbocycles. The third kappa shape index (κ3) is 4.36. The molecule has 0 radical (unpaired) electrons. The first-order valence-electron chi connectivity index (χ1n) is 11.8. The number of amides is 1. The molecule has 1 saturated heterocycles. The number of hydrogen-bond acceptors (Lipinski definition) is 4.